The van der Waals surface area contributed by atoms with Gasteiger partial charge in [-0.15, -0.1) is 0 Å². The molecule has 30 heavy (non-hydrogen) atoms. The summed E-state index contributed by atoms with van der Waals surface area (Å²) in [5.41, 5.74) is 1.36. The second-order valence-electron chi connectivity index (χ2n) is 8.89. The van der Waals surface area contributed by atoms with Gasteiger partial charge < -0.3 is 4.90 Å². The largest absolute Gasteiger partial charge is 0.339 e. The Morgan fingerprint density at radius 2 is 1.50 bits per heavy atom. The lowest BCUT2D eigenvalue weighted by Crippen LogP contribution is -2.54. The van der Waals surface area contributed by atoms with Gasteiger partial charge in [0.2, 0.25) is 15.9 Å². The number of amides is 1. The van der Waals surface area contributed by atoms with Crippen molar-refractivity contribution in [2.75, 3.05) is 52.1 Å². The van der Waals surface area contributed by atoms with E-state index >= 15 is 0 Å². The van der Waals surface area contributed by atoms with Gasteiger partial charge in [0.05, 0.1) is 12.8 Å². The highest BCUT2D eigenvalue weighted by Gasteiger charge is 2.39. The van der Waals surface area contributed by atoms with Crippen LogP contribution in [0.5, 0.6) is 0 Å². The fraction of sp³-hybridized carbons (Fsp3) is 0.682. The van der Waals surface area contributed by atoms with Crippen molar-refractivity contribution in [3.05, 3.63) is 35.9 Å². The van der Waals surface area contributed by atoms with Gasteiger partial charge in [-0.25, -0.2) is 8.42 Å². The zero-order valence-electron chi connectivity index (χ0n) is 17.9. The van der Waals surface area contributed by atoms with Crippen LogP contribution in [0.25, 0.3) is 0 Å². The molecular formula is C22H34N4O3S. The van der Waals surface area contributed by atoms with Gasteiger partial charge in [-0.05, 0) is 44.3 Å². The van der Waals surface area contributed by atoms with Crippen LogP contribution < -0.4 is 0 Å². The molecule has 3 aliphatic heterocycles. The first kappa shape index (κ1) is 21.7. The number of likely N-dealkylation sites (tertiary alicyclic amines) is 2. The summed E-state index contributed by atoms with van der Waals surface area (Å²) in [6.45, 7) is 5.35. The van der Waals surface area contributed by atoms with Crippen LogP contribution in [-0.2, 0) is 21.4 Å². The lowest BCUT2D eigenvalue weighted by atomic mass is 10.0. The van der Waals surface area contributed by atoms with Crippen molar-refractivity contribution >= 4 is 15.9 Å². The summed E-state index contributed by atoms with van der Waals surface area (Å²) in [6, 6.07) is 11.6. The Balaban J connectivity index is 1.34. The van der Waals surface area contributed by atoms with Crippen molar-refractivity contribution in [2.45, 2.75) is 44.3 Å². The highest BCUT2D eigenvalue weighted by molar-refractivity contribution is 7.88. The summed E-state index contributed by atoms with van der Waals surface area (Å²) in [5, 5.41) is 0. The molecule has 3 fully saturated rings. The number of rotatable bonds is 6. The number of carbonyl (C=O) groups excluding carboxylic acids is 1. The predicted molar refractivity (Wildman–Crippen MR) is 117 cm³/mol. The molecule has 1 amide bonds. The van der Waals surface area contributed by atoms with Gasteiger partial charge in [0.1, 0.15) is 0 Å². The summed E-state index contributed by atoms with van der Waals surface area (Å²) in [6.07, 6.45) is 5.97. The molecule has 166 valence electrons. The third-order valence-corrected chi connectivity index (χ3v) is 8.20. The van der Waals surface area contributed by atoms with E-state index in [0.717, 1.165) is 32.5 Å². The average molecular weight is 435 g/mol. The Morgan fingerprint density at radius 3 is 2.13 bits per heavy atom. The van der Waals surface area contributed by atoms with Crippen molar-refractivity contribution < 1.29 is 13.2 Å². The molecule has 0 aromatic heterocycles. The third-order valence-electron chi connectivity index (χ3n) is 6.90. The number of sulfonamides is 1. The molecule has 3 saturated heterocycles. The Labute approximate surface area is 180 Å². The van der Waals surface area contributed by atoms with Crippen molar-refractivity contribution in [1.82, 2.24) is 19.0 Å². The van der Waals surface area contributed by atoms with Crippen LogP contribution in [0.15, 0.2) is 30.3 Å². The van der Waals surface area contributed by atoms with E-state index in [4.69, 9.17) is 0 Å². The van der Waals surface area contributed by atoms with Gasteiger partial charge in [-0.1, -0.05) is 30.3 Å². The summed E-state index contributed by atoms with van der Waals surface area (Å²) >= 11 is 0. The average Bonchev–Trinajstić information content (AvgIpc) is 3.37. The van der Waals surface area contributed by atoms with Gasteiger partial charge >= 0.3 is 0 Å². The Hall–Kier alpha value is -1.48. The topological polar surface area (TPSA) is 64.2 Å². The normalized spacial score (nSPS) is 27.0. The first-order valence-corrected chi connectivity index (χ1v) is 13.0. The molecule has 4 rings (SSSR count). The van der Waals surface area contributed by atoms with Crippen molar-refractivity contribution in [3.63, 3.8) is 0 Å². The van der Waals surface area contributed by atoms with E-state index < -0.39 is 10.0 Å². The lowest BCUT2D eigenvalue weighted by Gasteiger charge is -2.37. The monoisotopic (exact) mass is 434 g/mol. The molecule has 3 heterocycles. The van der Waals surface area contributed by atoms with E-state index in [9.17, 15) is 13.2 Å². The zero-order chi connectivity index (χ0) is 21.1. The number of piperazine rings is 1. The van der Waals surface area contributed by atoms with E-state index in [1.807, 2.05) is 4.90 Å². The molecule has 3 aliphatic rings. The van der Waals surface area contributed by atoms with Crippen molar-refractivity contribution in [1.29, 1.82) is 0 Å². The lowest BCUT2D eigenvalue weighted by molar-refractivity contribution is -0.134. The van der Waals surface area contributed by atoms with Gasteiger partial charge in [-0.2, -0.15) is 4.31 Å². The number of carbonyl (C=O) groups is 1. The van der Waals surface area contributed by atoms with Crippen LogP contribution in [-0.4, -0.2) is 97.5 Å². The van der Waals surface area contributed by atoms with Crippen LogP contribution in [0.1, 0.15) is 31.2 Å². The van der Waals surface area contributed by atoms with Crippen LogP contribution in [0.4, 0.5) is 0 Å². The van der Waals surface area contributed by atoms with Gasteiger partial charge in [0.25, 0.3) is 0 Å². The SMILES string of the molecule is CS(=O)(=O)N1CCN(C(=O)CN2CCCC2C2CCCN2Cc2ccccc2)CC1. The zero-order valence-corrected chi connectivity index (χ0v) is 18.8. The maximum atomic E-state index is 12.9. The van der Waals surface area contributed by atoms with Crippen LogP contribution in [0.2, 0.25) is 0 Å². The molecule has 1 aromatic rings. The van der Waals surface area contributed by atoms with Crippen molar-refractivity contribution in [3.8, 4) is 0 Å². The Kier molecular flexibility index (Phi) is 6.77. The number of hydrogen-bond acceptors (Lipinski definition) is 5. The van der Waals surface area contributed by atoms with Gasteiger partial charge in [0, 0.05) is 44.8 Å². The fourth-order valence-corrected chi connectivity index (χ4v) is 6.16. The fourth-order valence-electron chi connectivity index (χ4n) is 5.33. The quantitative estimate of drug-likeness (QED) is 0.674. The van der Waals surface area contributed by atoms with E-state index in [1.54, 1.807) is 0 Å². The molecule has 0 aliphatic carbocycles. The molecule has 1 aromatic carbocycles. The Morgan fingerprint density at radius 1 is 0.900 bits per heavy atom. The van der Waals surface area contributed by atoms with E-state index in [-0.39, 0.29) is 5.91 Å². The van der Waals surface area contributed by atoms with Gasteiger partial charge in [-0.3, -0.25) is 14.6 Å². The highest BCUT2D eigenvalue weighted by Crippen LogP contribution is 2.31. The molecule has 2 unspecified atom stereocenters. The highest BCUT2D eigenvalue weighted by atomic mass is 32.2. The van der Waals surface area contributed by atoms with Crippen LogP contribution >= 0.6 is 0 Å². The molecule has 0 bridgehead atoms. The van der Waals surface area contributed by atoms with E-state index in [2.05, 4.69) is 40.1 Å². The molecule has 0 radical (unpaired) electrons. The minimum absolute atomic E-state index is 0.141. The van der Waals surface area contributed by atoms with Gasteiger partial charge in [0.15, 0.2) is 0 Å². The molecular weight excluding hydrogens is 400 g/mol. The Bertz CT molecular complexity index is 824. The molecule has 2 atom stereocenters. The van der Waals surface area contributed by atoms with Crippen LogP contribution in [0.3, 0.4) is 0 Å². The second-order valence-corrected chi connectivity index (χ2v) is 10.9. The molecule has 0 N–H and O–H groups in total. The summed E-state index contributed by atoms with van der Waals surface area (Å²) < 4.78 is 24.9. The molecule has 7 nitrogen and oxygen atoms in total. The second kappa shape index (κ2) is 9.34. The minimum atomic E-state index is -3.17. The first-order chi connectivity index (χ1) is 14.4. The van der Waals surface area contributed by atoms with Crippen molar-refractivity contribution in [2.24, 2.45) is 0 Å². The number of nitrogens with zero attached hydrogens (tertiary/aromatic N) is 4. The maximum absolute atomic E-state index is 12.9. The first-order valence-electron chi connectivity index (χ1n) is 11.2. The number of hydrogen-bond donors (Lipinski definition) is 0. The summed E-state index contributed by atoms with van der Waals surface area (Å²) in [7, 11) is -3.17. The van der Waals surface area contributed by atoms with E-state index in [1.165, 1.54) is 29.0 Å². The summed E-state index contributed by atoms with van der Waals surface area (Å²) in [4.78, 5) is 19.8. The smallest absolute Gasteiger partial charge is 0.236 e. The number of benzene rings is 1. The minimum Gasteiger partial charge on any atom is -0.339 e. The van der Waals surface area contributed by atoms with Crippen LogP contribution in [0, 0.1) is 0 Å². The predicted octanol–water partition coefficient (Wildman–Crippen LogP) is 1.22. The standard InChI is InChI=1S/C22H34N4O3S/c1-30(28,29)26-15-13-23(14-16-26)22(27)18-25-12-6-10-21(25)20-9-5-11-24(20)17-19-7-3-2-4-8-19/h2-4,7-8,20-21H,5-6,9-18H2,1H3. The molecule has 8 heteroatoms. The molecule has 0 spiro atoms. The van der Waals surface area contributed by atoms with E-state index in [0.29, 0.717) is 44.8 Å². The summed E-state index contributed by atoms with van der Waals surface area (Å²) in [5.74, 6) is 0.141. The third kappa shape index (κ3) is 5.04. The maximum Gasteiger partial charge on any atom is 0.236 e. The molecule has 0 saturated carbocycles.